The third kappa shape index (κ3) is 4.95. The molecule has 0 radical (unpaired) electrons. The molecule has 7 heteroatoms. The molecule has 7 nitrogen and oxygen atoms in total. The second kappa shape index (κ2) is 8.00. The monoisotopic (exact) mass is 347 g/mol. The number of carbonyl (C=O) groups excluding carboxylic acids is 3. The lowest BCUT2D eigenvalue weighted by molar-refractivity contribution is -0.148. The number of carbonyl (C=O) groups is 3. The molecule has 0 aliphatic heterocycles. The Morgan fingerprint density at radius 3 is 2.64 bits per heavy atom. The van der Waals surface area contributed by atoms with Crippen LogP contribution in [0.5, 0.6) is 0 Å². The van der Waals surface area contributed by atoms with Crippen LogP contribution in [0.2, 0.25) is 0 Å². The number of nitrogens with one attached hydrogen (secondary N) is 1. The number of aromatic nitrogens is 1. The van der Waals surface area contributed by atoms with E-state index in [0.29, 0.717) is 6.04 Å². The second-order valence-corrected chi connectivity index (χ2v) is 6.29. The summed E-state index contributed by atoms with van der Waals surface area (Å²) in [6, 6.07) is 2.63. The van der Waals surface area contributed by atoms with Crippen molar-refractivity contribution < 1.29 is 19.1 Å². The van der Waals surface area contributed by atoms with Gasteiger partial charge in [-0.3, -0.25) is 9.59 Å². The van der Waals surface area contributed by atoms with Gasteiger partial charge in [0.15, 0.2) is 6.61 Å². The zero-order valence-electron chi connectivity index (χ0n) is 15.2. The Labute approximate surface area is 147 Å². The summed E-state index contributed by atoms with van der Waals surface area (Å²) in [6.07, 6.45) is 5.44. The predicted molar refractivity (Wildman–Crippen MR) is 93.9 cm³/mol. The van der Waals surface area contributed by atoms with E-state index in [0.717, 1.165) is 11.3 Å². The van der Waals surface area contributed by atoms with Gasteiger partial charge in [-0.2, -0.15) is 0 Å². The molecule has 2 amide bonds. The highest BCUT2D eigenvalue weighted by molar-refractivity contribution is 5.90. The summed E-state index contributed by atoms with van der Waals surface area (Å²) in [5.41, 5.74) is 3.29. The minimum Gasteiger partial charge on any atom is -0.452 e. The van der Waals surface area contributed by atoms with E-state index in [-0.39, 0.29) is 12.5 Å². The van der Waals surface area contributed by atoms with Crippen LogP contribution in [0.4, 0.5) is 0 Å². The molecule has 0 atom stereocenters. The highest BCUT2D eigenvalue weighted by atomic mass is 16.5. The van der Waals surface area contributed by atoms with Gasteiger partial charge in [-0.1, -0.05) is 0 Å². The molecule has 1 N–H and O–H groups in total. The van der Waals surface area contributed by atoms with Gasteiger partial charge in [-0.05, 0) is 44.4 Å². The molecule has 1 aromatic heterocycles. The van der Waals surface area contributed by atoms with Crippen molar-refractivity contribution in [3.8, 4) is 0 Å². The van der Waals surface area contributed by atoms with Crippen LogP contribution in [0.15, 0.2) is 12.1 Å². The average Bonchev–Trinajstić information content (AvgIpc) is 3.36. The quantitative estimate of drug-likeness (QED) is 0.594. The number of ether oxygens (including phenoxy) is 1. The Balaban J connectivity index is 1.86. The molecule has 2 rings (SSSR count). The number of hydrogen-bond acceptors (Lipinski definition) is 4. The molecule has 0 spiro atoms. The first-order valence-corrected chi connectivity index (χ1v) is 8.31. The average molecular weight is 347 g/mol. The van der Waals surface area contributed by atoms with Crippen LogP contribution >= 0.6 is 0 Å². The topological polar surface area (TPSA) is 80.6 Å². The van der Waals surface area contributed by atoms with E-state index < -0.39 is 18.5 Å². The van der Waals surface area contributed by atoms with Crippen molar-refractivity contribution in [2.45, 2.75) is 32.7 Å². The van der Waals surface area contributed by atoms with Crippen molar-refractivity contribution in [2.24, 2.45) is 0 Å². The molecule has 0 saturated heterocycles. The Morgan fingerprint density at radius 1 is 1.36 bits per heavy atom. The van der Waals surface area contributed by atoms with Crippen LogP contribution in [0, 0.1) is 13.8 Å². The van der Waals surface area contributed by atoms with Crippen molar-refractivity contribution in [1.82, 2.24) is 14.8 Å². The molecular formula is C18H25N3O4. The molecule has 1 aromatic rings. The lowest BCUT2D eigenvalue weighted by atomic mass is 10.2. The SMILES string of the molecule is CNC(=O)CN(C)C(=O)COC(=O)/C=C/c1cc(C)n(C2CC2)c1C. The van der Waals surface area contributed by atoms with Crippen molar-refractivity contribution >= 4 is 23.9 Å². The smallest absolute Gasteiger partial charge is 0.331 e. The molecular weight excluding hydrogens is 322 g/mol. The van der Waals surface area contributed by atoms with Crippen LogP contribution in [0.1, 0.15) is 35.8 Å². The molecule has 1 aliphatic carbocycles. The fourth-order valence-corrected chi connectivity index (χ4v) is 2.70. The van der Waals surface area contributed by atoms with Crippen LogP contribution in [0.3, 0.4) is 0 Å². The van der Waals surface area contributed by atoms with Gasteiger partial charge in [0.2, 0.25) is 5.91 Å². The minimum atomic E-state index is -0.585. The van der Waals surface area contributed by atoms with Crippen molar-refractivity contribution in [2.75, 3.05) is 27.2 Å². The minimum absolute atomic E-state index is 0.0735. The molecule has 136 valence electrons. The summed E-state index contributed by atoms with van der Waals surface area (Å²) in [7, 11) is 2.97. The second-order valence-electron chi connectivity index (χ2n) is 6.29. The van der Waals surface area contributed by atoms with Gasteiger partial charge in [-0.15, -0.1) is 0 Å². The molecule has 1 heterocycles. The Morgan fingerprint density at radius 2 is 2.04 bits per heavy atom. The van der Waals surface area contributed by atoms with Gasteiger partial charge in [0, 0.05) is 37.6 Å². The molecule has 1 fully saturated rings. The highest BCUT2D eigenvalue weighted by Gasteiger charge is 2.26. The maximum absolute atomic E-state index is 11.8. The molecule has 0 unspecified atom stereocenters. The van der Waals surface area contributed by atoms with E-state index in [1.54, 1.807) is 6.08 Å². The van der Waals surface area contributed by atoms with E-state index in [2.05, 4.69) is 16.8 Å². The van der Waals surface area contributed by atoms with Gasteiger partial charge in [0.05, 0.1) is 6.54 Å². The predicted octanol–water partition coefficient (Wildman–Crippen LogP) is 1.20. The number of esters is 1. The van der Waals surface area contributed by atoms with Gasteiger partial charge < -0.3 is 19.5 Å². The summed E-state index contributed by atoms with van der Waals surface area (Å²) < 4.78 is 7.24. The fourth-order valence-electron chi connectivity index (χ4n) is 2.70. The Bertz CT molecular complexity index is 701. The number of likely N-dealkylation sites (N-methyl/N-ethyl adjacent to an activating group) is 2. The van der Waals surface area contributed by atoms with Crippen molar-refractivity contribution in [3.05, 3.63) is 29.1 Å². The van der Waals surface area contributed by atoms with Crippen LogP contribution < -0.4 is 5.32 Å². The first-order chi connectivity index (χ1) is 11.8. The summed E-state index contributed by atoms with van der Waals surface area (Å²) in [5, 5.41) is 2.42. The van der Waals surface area contributed by atoms with Crippen LogP contribution in [-0.4, -0.2) is 54.5 Å². The molecule has 25 heavy (non-hydrogen) atoms. The van der Waals surface area contributed by atoms with Gasteiger partial charge in [0.1, 0.15) is 0 Å². The number of rotatable bonds is 7. The van der Waals surface area contributed by atoms with Crippen molar-refractivity contribution in [1.29, 1.82) is 0 Å². The van der Waals surface area contributed by atoms with Gasteiger partial charge in [0.25, 0.3) is 5.91 Å². The standard InChI is InChI=1S/C18H25N3O4/c1-12-9-14(13(2)21(12)15-6-7-15)5-8-18(24)25-11-17(23)20(4)10-16(22)19-3/h5,8-9,15H,6-7,10-11H2,1-4H3,(H,19,22)/b8-5+. The normalized spacial score (nSPS) is 13.8. The van der Waals surface area contributed by atoms with E-state index in [9.17, 15) is 14.4 Å². The molecule has 1 saturated carbocycles. The number of amides is 2. The summed E-state index contributed by atoms with van der Waals surface area (Å²) in [6.45, 7) is 3.63. The van der Waals surface area contributed by atoms with E-state index in [1.807, 2.05) is 13.0 Å². The summed E-state index contributed by atoms with van der Waals surface area (Å²) >= 11 is 0. The first kappa shape index (κ1) is 18.8. The Hall–Kier alpha value is -2.57. The molecule has 1 aliphatic rings. The zero-order valence-corrected chi connectivity index (χ0v) is 15.2. The largest absolute Gasteiger partial charge is 0.452 e. The number of aryl methyl sites for hydroxylation is 1. The Kier molecular flexibility index (Phi) is 6.01. The number of hydrogen-bond donors (Lipinski definition) is 1. The first-order valence-electron chi connectivity index (χ1n) is 8.31. The molecule has 0 aromatic carbocycles. The maximum atomic E-state index is 11.8. The summed E-state index contributed by atoms with van der Waals surface area (Å²) in [4.78, 5) is 36.0. The van der Waals surface area contributed by atoms with E-state index >= 15 is 0 Å². The molecule has 0 bridgehead atoms. The van der Waals surface area contributed by atoms with Crippen LogP contribution in [0.25, 0.3) is 6.08 Å². The maximum Gasteiger partial charge on any atom is 0.331 e. The zero-order chi connectivity index (χ0) is 18.6. The van der Waals surface area contributed by atoms with Crippen molar-refractivity contribution in [3.63, 3.8) is 0 Å². The third-order valence-electron chi connectivity index (χ3n) is 4.26. The lowest BCUT2D eigenvalue weighted by Gasteiger charge is -2.15. The van der Waals surface area contributed by atoms with Gasteiger partial charge in [-0.25, -0.2) is 4.79 Å². The van der Waals surface area contributed by atoms with E-state index in [4.69, 9.17) is 4.74 Å². The highest BCUT2D eigenvalue weighted by Crippen LogP contribution is 2.38. The van der Waals surface area contributed by atoms with Gasteiger partial charge >= 0.3 is 5.97 Å². The van der Waals surface area contributed by atoms with E-state index in [1.165, 1.54) is 43.6 Å². The lowest BCUT2D eigenvalue weighted by Crippen LogP contribution is -2.38. The summed E-state index contributed by atoms with van der Waals surface area (Å²) in [5.74, 6) is -1.30. The third-order valence-corrected chi connectivity index (χ3v) is 4.26. The van der Waals surface area contributed by atoms with Crippen LogP contribution in [-0.2, 0) is 19.1 Å². The number of nitrogens with zero attached hydrogens (tertiary/aromatic N) is 2. The fraction of sp³-hybridized carbons (Fsp3) is 0.500.